The lowest BCUT2D eigenvalue weighted by Gasteiger charge is -2.02. The van der Waals surface area contributed by atoms with Crippen molar-refractivity contribution >= 4 is 11.6 Å². The van der Waals surface area contributed by atoms with E-state index in [-0.39, 0.29) is 12.2 Å². The molecule has 0 aromatic heterocycles. The molecule has 0 amide bonds. The summed E-state index contributed by atoms with van der Waals surface area (Å²) in [5, 5.41) is 8.50. The smallest absolute Gasteiger partial charge is 0.170 e. The highest BCUT2D eigenvalue weighted by molar-refractivity contribution is 6.08. The van der Waals surface area contributed by atoms with Gasteiger partial charge in [-0.2, -0.15) is 0 Å². The van der Waals surface area contributed by atoms with E-state index in [1.165, 1.54) is 7.11 Å². The van der Waals surface area contributed by atoms with E-state index in [1.54, 1.807) is 24.3 Å². The van der Waals surface area contributed by atoms with Crippen molar-refractivity contribution in [3.05, 3.63) is 29.8 Å². The molecule has 1 aromatic carbocycles. The predicted molar refractivity (Wildman–Crippen MR) is 54.0 cm³/mol. The molecule has 1 N–H and O–H groups in total. The Hall–Kier alpha value is -1.68. The second-order valence-corrected chi connectivity index (χ2v) is 3.03. The van der Waals surface area contributed by atoms with E-state index in [0.29, 0.717) is 11.3 Å². The van der Waals surface area contributed by atoms with Gasteiger partial charge in [0.15, 0.2) is 11.6 Å². The van der Waals surface area contributed by atoms with Gasteiger partial charge < -0.3 is 9.84 Å². The highest BCUT2D eigenvalue weighted by atomic mass is 16.5. The van der Waals surface area contributed by atoms with Gasteiger partial charge in [0.2, 0.25) is 0 Å². The van der Waals surface area contributed by atoms with E-state index in [0.717, 1.165) is 0 Å². The molecule has 0 bridgehead atoms. The predicted octanol–water partition coefficient (Wildman–Crippen LogP) is 0.829. The summed E-state index contributed by atoms with van der Waals surface area (Å²) >= 11 is 0. The van der Waals surface area contributed by atoms with Gasteiger partial charge in [-0.1, -0.05) is 12.1 Å². The summed E-state index contributed by atoms with van der Waals surface area (Å²) in [6.45, 7) is -0.601. The van der Waals surface area contributed by atoms with Crippen LogP contribution in [0.25, 0.3) is 0 Å². The largest absolute Gasteiger partial charge is 0.497 e. The van der Waals surface area contributed by atoms with Crippen molar-refractivity contribution in [1.29, 1.82) is 0 Å². The van der Waals surface area contributed by atoms with Crippen LogP contribution < -0.4 is 4.74 Å². The maximum atomic E-state index is 11.5. The van der Waals surface area contributed by atoms with Crippen molar-refractivity contribution in [3.63, 3.8) is 0 Å². The molecule has 0 aliphatic carbocycles. The van der Waals surface area contributed by atoms with Crippen LogP contribution in [0.3, 0.4) is 0 Å². The van der Waals surface area contributed by atoms with E-state index in [2.05, 4.69) is 0 Å². The Kier molecular flexibility index (Phi) is 4.00. The number of carbonyl (C=O) groups is 2. The topological polar surface area (TPSA) is 63.6 Å². The Labute approximate surface area is 87.5 Å². The molecule has 1 rings (SSSR count). The third-order valence-corrected chi connectivity index (χ3v) is 1.93. The van der Waals surface area contributed by atoms with Gasteiger partial charge in [-0.15, -0.1) is 0 Å². The van der Waals surface area contributed by atoms with E-state index in [1.807, 2.05) is 0 Å². The molecule has 1 aromatic rings. The van der Waals surface area contributed by atoms with Gasteiger partial charge in [0.25, 0.3) is 0 Å². The van der Waals surface area contributed by atoms with Crippen molar-refractivity contribution < 1.29 is 19.4 Å². The van der Waals surface area contributed by atoms with Crippen LogP contribution >= 0.6 is 0 Å². The minimum absolute atomic E-state index is 0.274. The van der Waals surface area contributed by atoms with Crippen LogP contribution in [-0.2, 0) is 4.79 Å². The van der Waals surface area contributed by atoms with Crippen LogP contribution in [0.2, 0.25) is 0 Å². The lowest BCUT2D eigenvalue weighted by atomic mass is 10.1. The first-order chi connectivity index (χ1) is 7.17. The first kappa shape index (κ1) is 11.4. The third-order valence-electron chi connectivity index (χ3n) is 1.93. The van der Waals surface area contributed by atoms with Gasteiger partial charge in [-0.3, -0.25) is 9.59 Å². The number of hydrogen-bond acceptors (Lipinski definition) is 4. The second kappa shape index (κ2) is 5.26. The minimum Gasteiger partial charge on any atom is -0.497 e. The second-order valence-electron chi connectivity index (χ2n) is 3.03. The highest BCUT2D eigenvalue weighted by Gasteiger charge is 2.11. The minimum atomic E-state index is -0.601. The molecule has 4 nitrogen and oxygen atoms in total. The van der Waals surface area contributed by atoms with E-state index >= 15 is 0 Å². The Morgan fingerprint density at radius 1 is 1.40 bits per heavy atom. The maximum Gasteiger partial charge on any atom is 0.170 e. The van der Waals surface area contributed by atoms with Crippen LogP contribution in [0.1, 0.15) is 16.8 Å². The Morgan fingerprint density at radius 3 is 2.73 bits per heavy atom. The van der Waals surface area contributed by atoms with Crippen molar-refractivity contribution in [2.24, 2.45) is 0 Å². The van der Waals surface area contributed by atoms with Gasteiger partial charge in [0.05, 0.1) is 13.5 Å². The average molecular weight is 208 g/mol. The van der Waals surface area contributed by atoms with E-state index < -0.39 is 12.4 Å². The number of ether oxygens (including phenoxy) is 1. The van der Waals surface area contributed by atoms with Crippen LogP contribution in [0.15, 0.2) is 24.3 Å². The normalized spacial score (nSPS) is 9.73. The zero-order valence-electron chi connectivity index (χ0n) is 8.40. The van der Waals surface area contributed by atoms with Crippen LogP contribution in [0, 0.1) is 0 Å². The molecule has 0 unspecified atom stereocenters. The lowest BCUT2D eigenvalue weighted by Crippen LogP contribution is -2.11. The van der Waals surface area contributed by atoms with Gasteiger partial charge in [0.1, 0.15) is 12.4 Å². The number of rotatable bonds is 5. The van der Waals surface area contributed by atoms with Gasteiger partial charge >= 0.3 is 0 Å². The first-order valence-corrected chi connectivity index (χ1v) is 4.47. The number of Topliss-reactive ketones (excluding diaryl/α,β-unsaturated/α-hetero) is 2. The number of aliphatic hydroxyl groups excluding tert-OH is 1. The Morgan fingerprint density at radius 2 is 2.13 bits per heavy atom. The summed E-state index contributed by atoms with van der Waals surface area (Å²) in [6, 6.07) is 6.56. The van der Waals surface area contributed by atoms with E-state index in [4.69, 9.17) is 9.84 Å². The molecule has 0 saturated carbocycles. The summed E-state index contributed by atoms with van der Waals surface area (Å²) in [6.07, 6.45) is -0.274. The SMILES string of the molecule is COc1cccc(C(=O)CC(=O)CO)c1. The molecule has 0 aliphatic rings. The molecule has 0 aliphatic heterocycles. The molecule has 80 valence electrons. The first-order valence-electron chi connectivity index (χ1n) is 4.47. The van der Waals surface area contributed by atoms with Crippen molar-refractivity contribution in [2.75, 3.05) is 13.7 Å². The molecule has 0 radical (unpaired) electrons. The quantitative estimate of drug-likeness (QED) is 0.575. The summed E-state index contributed by atoms with van der Waals surface area (Å²) in [5.74, 6) is -0.229. The molecule has 0 spiro atoms. The Balaban J connectivity index is 2.77. The van der Waals surface area contributed by atoms with Gasteiger partial charge in [-0.25, -0.2) is 0 Å². The van der Waals surface area contributed by atoms with Gasteiger partial charge in [0, 0.05) is 5.56 Å². The Bertz CT molecular complexity index is 371. The number of carbonyl (C=O) groups excluding carboxylic acids is 2. The lowest BCUT2D eigenvalue weighted by molar-refractivity contribution is -0.120. The fourth-order valence-corrected chi connectivity index (χ4v) is 1.13. The molecular weight excluding hydrogens is 196 g/mol. The number of methoxy groups -OCH3 is 1. The molecule has 15 heavy (non-hydrogen) atoms. The highest BCUT2D eigenvalue weighted by Crippen LogP contribution is 2.13. The summed E-state index contributed by atoms with van der Waals surface area (Å²) in [7, 11) is 1.50. The van der Waals surface area contributed by atoms with Crippen LogP contribution in [0.5, 0.6) is 5.75 Å². The average Bonchev–Trinajstić information content (AvgIpc) is 2.28. The van der Waals surface area contributed by atoms with Crippen LogP contribution in [0.4, 0.5) is 0 Å². The third kappa shape index (κ3) is 3.18. The van der Waals surface area contributed by atoms with Gasteiger partial charge in [-0.05, 0) is 12.1 Å². The zero-order valence-corrected chi connectivity index (χ0v) is 8.40. The molecule has 4 heteroatoms. The number of hydrogen-bond donors (Lipinski definition) is 1. The number of benzene rings is 1. The summed E-state index contributed by atoms with van der Waals surface area (Å²) < 4.78 is 4.95. The monoisotopic (exact) mass is 208 g/mol. The molecule has 0 atom stereocenters. The number of ketones is 2. The molecular formula is C11H12O4. The molecule has 0 heterocycles. The fraction of sp³-hybridized carbons (Fsp3) is 0.273. The van der Waals surface area contributed by atoms with Crippen molar-refractivity contribution in [1.82, 2.24) is 0 Å². The zero-order chi connectivity index (χ0) is 11.3. The number of aliphatic hydroxyl groups is 1. The van der Waals surface area contributed by atoms with Crippen molar-refractivity contribution in [3.8, 4) is 5.75 Å². The fourth-order valence-electron chi connectivity index (χ4n) is 1.13. The van der Waals surface area contributed by atoms with Crippen molar-refractivity contribution in [2.45, 2.75) is 6.42 Å². The molecule has 0 saturated heterocycles. The van der Waals surface area contributed by atoms with E-state index in [9.17, 15) is 9.59 Å². The standard InChI is InChI=1S/C11H12O4/c1-15-10-4-2-3-8(5-10)11(14)6-9(13)7-12/h2-5,12H,6-7H2,1H3. The van der Waals surface area contributed by atoms with Crippen LogP contribution in [-0.4, -0.2) is 30.4 Å². The summed E-state index contributed by atoms with van der Waals surface area (Å²) in [5.41, 5.74) is 0.413. The molecule has 0 fully saturated rings. The summed E-state index contributed by atoms with van der Waals surface area (Å²) in [4.78, 5) is 22.3. The maximum absolute atomic E-state index is 11.5.